The summed E-state index contributed by atoms with van der Waals surface area (Å²) in [7, 11) is -5.71. The number of nitrogens with one attached hydrogen (secondary N) is 1. The van der Waals surface area contributed by atoms with Crippen LogP contribution in [0.25, 0.3) is 0 Å². The number of halogens is 5. The van der Waals surface area contributed by atoms with Crippen LogP contribution in [0.1, 0.15) is 23.2 Å². The van der Waals surface area contributed by atoms with Crippen LogP contribution in [0, 0.1) is 11.6 Å². The quantitative estimate of drug-likeness (QED) is 0.783. The summed E-state index contributed by atoms with van der Waals surface area (Å²) < 4.78 is 88.6. The molecule has 2 rings (SSSR count). The molecule has 10 heteroatoms. The van der Waals surface area contributed by atoms with E-state index in [1.165, 1.54) is 16.9 Å². The first kappa shape index (κ1) is 19.3. The Morgan fingerprint density at radius 2 is 1.24 bits per heavy atom. The van der Waals surface area contributed by atoms with Gasteiger partial charge in [-0.05, 0) is 35.4 Å². The Balaban J connectivity index is 2.45. The monoisotopic (exact) mass is 380 g/mol. The minimum absolute atomic E-state index is 0.0195. The van der Waals surface area contributed by atoms with Crippen LogP contribution in [-0.4, -0.2) is 13.9 Å². The molecule has 0 saturated carbocycles. The van der Waals surface area contributed by atoms with Crippen LogP contribution in [0.2, 0.25) is 0 Å². The summed E-state index contributed by atoms with van der Waals surface area (Å²) >= 11 is 0. The second-order valence-electron chi connectivity index (χ2n) is 5.17. The molecule has 2 atom stereocenters. The fraction of sp³-hybridized carbons (Fsp3) is 0.200. The molecule has 136 valence electrons. The highest BCUT2D eigenvalue weighted by Gasteiger charge is 2.47. The molecule has 0 amide bonds. The summed E-state index contributed by atoms with van der Waals surface area (Å²) in [6, 6.07) is 5.84. The van der Waals surface area contributed by atoms with Gasteiger partial charge in [-0.3, -0.25) is 0 Å². The van der Waals surface area contributed by atoms with E-state index in [0.29, 0.717) is 0 Å². The molecular weight excluding hydrogens is 367 g/mol. The molecule has 4 nitrogen and oxygen atoms in total. The van der Waals surface area contributed by atoms with Crippen molar-refractivity contribution in [1.29, 1.82) is 0 Å². The third-order valence-electron chi connectivity index (χ3n) is 3.43. The zero-order valence-corrected chi connectivity index (χ0v) is 13.3. The number of benzene rings is 2. The fourth-order valence-corrected chi connectivity index (χ4v) is 2.88. The molecule has 0 bridgehead atoms. The molecule has 25 heavy (non-hydrogen) atoms. The highest BCUT2D eigenvalue weighted by molar-refractivity contribution is 7.90. The van der Waals surface area contributed by atoms with Gasteiger partial charge in [0.25, 0.3) is 0 Å². The second kappa shape index (κ2) is 7.06. The first-order valence-corrected chi connectivity index (χ1v) is 8.35. The molecule has 0 fully saturated rings. The van der Waals surface area contributed by atoms with Crippen molar-refractivity contribution in [2.24, 2.45) is 5.73 Å². The number of sulfonamides is 1. The average molecular weight is 380 g/mol. The van der Waals surface area contributed by atoms with Gasteiger partial charge in [-0.2, -0.15) is 17.9 Å². The van der Waals surface area contributed by atoms with Crippen LogP contribution in [0.15, 0.2) is 48.5 Å². The third kappa shape index (κ3) is 4.53. The molecule has 2 aromatic rings. The Labute approximate surface area is 140 Å². The van der Waals surface area contributed by atoms with Gasteiger partial charge in [0.05, 0.1) is 12.1 Å². The van der Waals surface area contributed by atoms with E-state index in [1.807, 2.05) is 0 Å². The summed E-state index contributed by atoms with van der Waals surface area (Å²) in [4.78, 5) is 0. The lowest BCUT2D eigenvalue weighted by molar-refractivity contribution is -0.0451. The smallest absolute Gasteiger partial charge is 0.322 e. The summed E-state index contributed by atoms with van der Waals surface area (Å²) in [6.07, 6.45) is 0. The van der Waals surface area contributed by atoms with E-state index >= 15 is 0 Å². The predicted molar refractivity (Wildman–Crippen MR) is 80.6 cm³/mol. The van der Waals surface area contributed by atoms with Gasteiger partial charge in [-0.25, -0.2) is 17.2 Å². The molecule has 0 aromatic heterocycles. The maximum absolute atomic E-state index is 13.1. The molecule has 0 spiro atoms. The Hall–Kier alpha value is -2.04. The first-order valence-electron chi connectivity index (χ1n) is 6.86. The largest absolute Gasteiger partial charge is 0.511 e. The van der Waals surface area contributed by atoms with Crippen molar-refractivity contribution < 1.29 is 30.4 Å². The predicted octanol–water partition coefficient (Wildman–Crippen LogP) is 3.15. The van der Waals surface area contributed by atoms with Crippen LogP contribution < -0.4 is 10.5 Å². The van der Waals surface area contributed by atoms with Crippen molar-refractivity contribution in [2.45, 2.75) is 17.6 Å². The van der Waals surface area contributed by atoms with Gasteiger partial charge in [0.2, 0.25) is 0 Å². The van der Waals surface area contributed by atoms with Gasteiger partial charge in [0.1, 0.15) is 11.6 Å². The van der Waals surface area contributed by atoms with E-state index in [1.54, 1.807) is 0 Å². The van der Waals surface area contributed by atoms with Crippen LogP contribution >= 0.6 is 0 Å². The van der Waals surface area contributed by atoms with E-state index in [0.717, 1.165) is 36.4 Å². The van der Waals surface area contributed by atoms with Gasteiger partial charge >= 0.3 is 15.5 Å². The van der Waals surface area contributed by atoms with Crippen molar-refractivity contribution in [1.82, 2.24) is 4.72 Å². The zero-order valence-electron chi connectivity index (χ0n) is 12.5. The molecule has 0 radical (unpaired) electrons. The highest BCUT2D eigenvalue weighted by atomic mass is 32.2. The minimum Gasteiger partial charge on any atom is -0.322 e. The van der Waals surface area contributed by atoms with Gasteiger partial charge in [0, 0.05) is 0 Å². The van der Waals surface area contributed by atoms with Crippen molar-refractivity contribution >= 4 is 10.0 Å². The van der Waals surface area contributed by atoms with Crippen molar-refractivity contribution in [2.75, 3.05) is 0 Å². The summed E-state index contributed by atoms with van der Waals surface area (Å²) in [5.74, 6) is -1.25. The third-order valence-corrected chi connectivity index (χ3v) is 4.60. The molecule has 0 heterocycles. The highest BCUT2D eigenvalue weighted by Crippen LogP contribution is 2.31. The number of nitrogens with two attached hydrogens (primary N) is 1. The maximum atomic E-state index is 13.1. The molecule has 0 aliphatic rings. The first-order chi connectivity index (χ1) is 11.5. The van der Waals surface area contributed by atoms with Crippen molar-refractivity contribution in [3.63, 3.8) is 0 Å². The topological polar surface area (TPSA) is 72.2 Å². The van der Waals surface area contributed by atoms with Crippen LogP contribution in [0.5, 0.6) is 0 Å². The molecule has 0 unspecified atom stereocenters. The van der Waals surface area contributed by atoms with E-state index in [-0.39, 0.29) is 11.1 Å². The Kier molecular flexibility index (Phi) is 5.45. The van der Waals surface area contributed by atoms with E-state index in [2.05, 4.69) is 0 Å². The molecule has 0 saturated heterocycles. The minimum atomic E-state index is -5.71. The SMILES string of the molecule is N[C@H](c1ccc(F)cc1)[C@H](NS(=O)(=O)C(F)(F)F)c1ccc(F)cc1. The van der Waals surface area contributed by atoms with E-state index < -0.39 is 39.2 Å². The van der Waals surface area contributed by atoms with Crippen molar-refractivity contribution in [3.05, 3.63) is 71.3 Å². The van der Waals surface area contributed by atoms with Crippen LogP contribution in [0.3, 0.4) is 0 Å². The standard InChI is InChI=1S/C15H13F5N2O2S/c16-11-5-1-9(2-6-11)13(21)14(10-3-7-12(17)8-4-10)22-25(23,24)15(18,19)20/h1-8,13-14,22H,21H2/t13-,14-/m1/s1. The van der Waals surface area contributed by atoms with Crippen molar-refractivity contribution in [3.8, 4) is 0 Å². The number of rotatable bonds is 5. The lowest BCUT2D eigenvalue weighted by atomic mass is 9.95. The van der Waals surface area contributed by atoms with Gasteiger partial charge in [-0.15, -0.1) is 0 Å². The lowest BCUT2D eigenvalue weighted by Crippen LogP contribution is -2.42. The normalized spacial score (nSPS) is 15.0. The molecule has 0 aliphatic heterocycles. The van der Waals surface area contributed by atoms with Gasteiger partial charge in [-0.1, -0.05) is 24.3 Å². The number of hydrogen-bond donors (Lipinski definition) is 2. The Bertz CT molecular complexity index is 820. The van der Waals surface area contributed by atoms with Gasteiger partial charge < -0.3 is 5.73 Å². The second-order valence-corrected chi connectivity index (χ2v) is 6.88. The summed E-state index contributed by atoms with van der Waals surface area (Å²) in [6.45, 7) is 0. The number of alkyl halides is 3. The molecule has 2 aromatic carbocycles. The maximum Gasteiger partial charge on any atom is 0.511 e. The van der Waals surface area contributed by atoms with E-state index in [4.69, 9.17) is 5.73 Å². The Morgan fingerprint density at radius 1 is 0.840 bits per heavy atom. The summed E-state index contributed by atoms with van der Waals surface area (Å²) in [5, 5.41) is 0. The lowest BCUT2D eigenvalue weighted by Gasteiger charge is -2.26. The Morgan fingerprint density at radius 3 is 1.64 bits per heavy atom. The van der Waals surface area contributed by atoms with Crippen LogP contribution in [-0.2, 0) is 10.0 Å². The number of hydrogen-bond acceptors (Lipinski definition) is 3. The summed E-state index contributed by atoms with van der Waals surface area (Å²) in [5.41, 5.74) is 0.566. The molecule has 3 N–H and O–H groups in total. The van der Waals surface area contributed by atoms with E-state index in [9.17, 15) is 30.4 Å². The van der Waals surface area contributed by atoms with Crippen LogP contribution in [0.4, 0.5) is 22.0 Å². The average Bonchev–Trinajstić information content (AvgIpc) is 2.52. The zero-order chi connectivity index (χ0) is 18.8. The fourth-order valence-electron chi connectivity index (χ4n) is 2.13. The molecule has 0 aliphatic carbocycles. The van der Waals surface area contributed by atoms with Gasteiger partial charge in [0.15, 0.2) is 0 Å². The molecular formula is C15H13F5N2O2S.